The molecule has 1 saturated heterocycles. The van der Waals surface area contributed by atoms with Gasteiger partial charge in [-0.1, -0.05) is 4.49 Å². The number of aryl methyl sites for hydroxylation is 2. The molecule has 0 spiro atoms. The predicted octanol–water partition coefficient (Wildman–Crippen LogP) is 2.48. The minimum atomic E-state index is 0.433. The lowest BCUT2D eigenvalue weighted by Gasteiger charge is -2.21. The standard InChI is InChI=1S/C14H19N5S/c1-2-5-12-11(4-1)15-14(16-12)13-6-3-7-19(13)8-10-9-20-18-17-10/h9,13H,1-8H2,(H,15,16). The molecule has 6 heteroatoms. The molecule has 0 amide bonds. The summed E-state index contributed by atoms with van der Waals surface area (Å²) in [6.07, 6.45) is 7.35. The Bertz CT molecular complexity index is 553. The average Bonchev–Trinajstić information content (AvgIpc) is 3.18. The lowest BCUT2D eigenvalue weighted by Crippen LogP contribution is -2.23. The van der Waals surface area contributed by atoms with E-state index < -0.39 is 0 Å². The van der Waals surface area contributed by atoms with Crippen molar-refractivity contribution >= 4 is 11.5 Å². The Labute approximate surface area is 122 Å². The monoisotopic (exact) mass is 289 g/mol. The molecule has 0 radical (unpaired) electrons. The summed E-state index contributed by atoms with van der Waals surface area (Å²) in [5.74, 6) is 1.18. The van der Waals surface area contributed by atoms with Gasteiger partial charge >= 0.3 is 0 Å². The molecule has 3 heterocycles. The molecule has 2 aliphatic rings. The van der Waals surface area contributed by atoms with Crippen LogP contribution in [0.1, 0.15) is 54.6 Å². The first-order valence-electron chi connectivity index (χ1n) is 7.48. The van der Waals surface area contributed by atoms with Gasteiger partial charge in [0.15, 0.2) is 0 Å². The molecule has 1 N–H and O–H groups in total. The first-order chi connectivity index (χ1) is 9.90. The number of fused-ring (bicyclic) bond motifs is 1. The molecule has 4 rings (SSSR count). The second-order valence-electron chi connectivity index (χ2n) is 5.78. The summed E-state index contributed by atoms with van der Waals surface area (Å²) in [5.41, 5.74) is 3.78. The lowest BCUT2D eigenvalue weighted by molar-refractivity contribution is 0.237. The Hall–Kier alpha value is -1.27. The zero-order valence-electron chi connectivity index (χ0n) is 11.5. The summed E-state index contributed by atoms with van der Waals surface area (Å²) < 4.78 is 3.96. The highest BCUT2D eigenvalue weighted by Crippen LogP contribution is 2.33. The van der Waals surface area contributed by atoms with Crippen molar-refractivity contribution < 1.29 is 0 Å². The average molecular weight is 289 g/mol. The van der Waals surface area contributed by atoms with Crippen molar-refractivity contribution in [2.24, 2.45) is 0 Å². The third kappa shape index (κ3) is 2.27. The van der Waals surface area contributed by atoms with E-state index >= 15 is 0 Å². The normalized spacial score (nSPS) is 23.1. The van der Waals surface area contributed by atoms with Gasteiger partial charge in [-0.2, -0.15) is 0 Å². The molecule has 1 aliphatic heterocycles. The Morgan fingerprint density at radius 2 is 2.25 bits per heavy atom. The van der Waals surface area contributed by atoms with Crippen LogP contribution >= 0.6 is 11.5 Å². The van der Waals surface area contributed by atoms with Gasteiger partial charge in [0.25, 0.3) is 0 Å². The number of likely N-dealkylation sites (tertiary alicyclic amines) is 1. The van der Waals surface area contributed by atoms with Crippen LogP contribution in [-0.2, 0) is 19.4 Å². The zero-order valence-corrected chi connectivity index (χ0v) is 12.3. The third-order valence-corrected chi connectivity index (χ3v) is 4.98. The van der Waals surface area contributed by atoms with Crippen LogP contribution in [0.15, 0.2) is 5.38 Å². The number of H-pyrrole nitrogens is 1. The fourth-order valence-corrected chi connectivity index (χ4v) is 3.86. The van der Waals surface area contributed by atoms with Crippen molar-refractivity contribution in [3.8, 4) is 0 Å². The van der Waals surface area contributed by atoms with Crippen LogP contribution in [0, 0.1) is 0 Å². The molecule has 2 aromatic heterocycles. The minimum absolute atomic E-state index is 0.433. The van der Waals surface area contributed by atoms with E-state index in [0.29, 0.717) is 6.04 Å². The Morgan fingerprint density at radius 1 is 1.30 bits per heavy atom. The topological polar surface area (TPSA) is 57.7 Å². The summed E-state index contributed by atoms with van der Waals surface area (Å²) in [4.78, 5) is 11.0. The second-order valence-corrected chi connectivity index (χ2v) is 6.39. The lowest BCUT2D eigenvalue weighted by atomic mass is 10.0. The largest absolute Gasteiger partial charge is 0.344 e. The first-order valence-corrected chi connectivity index (χ1v) is 8.31. The van der Waals surface area contributed by atoms with E-state index in [4.69, 9.17) is 4.98 Å². The molecule has 1 aliphatic carbocycles. The van der Waals surface area contributed by atoms with E-state index in [1.165, 1.54) is 60.8 Å². The quantitative estimate of drug-likeness (QED) is 0.943. The van der Waals surface area contributed by atoms with E-state index in [1.807, 2.05) is 5.38 Å². The van der Waals surface area contributed by atoms with Gasteiger partial charge in [-0.25, -0.2) is 4.98 Å². The van der Waals surface area contributed by atoms with E-state index in [-0.39, 0.29) is 0 Å². The number of aromatic nitrogens is 4. The Morgan fingerprint density at radius 3 is 3.10 bits per heavy atom. The smallest absolute Gasteiger partial charge is 0.124 e. The highest BCUT2D eigenvalue weighted by Gasteiger charge is 2.30. The van der Waals surface area contributed by atoms with Gasteiger partial charge in [0.05, 0.1) is 17.4 Å². The number of hydrogen-bond acceptors (Lipinski definition) is 5. The summed E-state index contributed by atoms with van der Waals surface area (Å²) in [7, 11) is 0. The maximum Gasteiger partial charge on any atom is 0.124 e. The Kier molecular flexibility index (Phi) is 3.28. The van der Waals surface area contributed by atoms with Gasteiger partial charge in [0.1, 0.15) is 5.82 Å². The van der Waals surface area contributed by atoms with E-state index in [0.717, 1.165) is 25.2 Å². The molecule has 0 aromatic carbocycles. The zero-order chi connectivity index (χ0) is 13.4. The number of aromatic amines is 1. The molecule has 1 atom stereocenters. The minimum Gasteiger partial charge on any atom is -0.344 e. The fourth-order valence-electron chi connectivity index (χ4n) is 3.42. The van der Waals surface area contributed by atoms with Crippen LogP contribution in [-0.4, -0.2) is 31.0 Å². The molecular formula is C14H19N5S. The molecule has 0 saturated carbocycles. The van der Waals surface area contributed by atoms with Crippen LogP contribution in [0.25, 0.3) is 0 Å². The number of rotatable bonds is 3. The molecule has 5 nitrogen and oxygen atoms in total. The van der Waals surface area contributed by atoms with Crippen molar-refractivity contribution in [3.63, 3.8) is 0 Å². The first kappa shape index (κ1) is 12.5. The molecule has 106 valence electrons. The van der Waals surface area contributed by atoms with Gasteiger partial charge in [0, 0.05) is 17.6 Å². The SMILES string of the molecule is c1snnc1CN1CCCC1c1nc2c([nH]1)CCCC2. The number of nitrogens with zero attached hydrogens (tertiary/aromatic N) is 4. The summed E-state index contributed by atoms with van der Waals surface area (Å²) in [6, 6.07) is 0.433. The highest BCUT2D eigenvalue weighted by molar-refractivity contribution is 7.03. The van der Waals surface area contributed by atoms with Gasteiger partial charge in [-0.3, -0.25) is 4.90 Å². The van der Waals surface area contributed by atoms with Crippen molar-refractivity contribution in [3.05, 3.63) is 28.3 Å². The molecular weight excluding hydrogens is 270 g/mol. The number of hydrogen-bond donors (Lipinski definition) is 1. The van der Waals surface area contributed by atoms with Gasteiger partial charge in [-0.15, -0.1) is 5.10 Å². The van der Waals surface area contributed by atoms with Crippen LogP contribution in [0.2, 0.25) is 0 Å². The molecule has 1 unspecified atom stereocenters. The second kappa shape index (κ2) is 5.26. The fraction of sp³-hybridized carbons (Fsp3) is 0.643. The van der Waals surface area contributed by atoms with Gasteiger partial charge in [-0.05, 0) is 56.6 Å². The van der Waals surface area contributed by atoms with Crippen LogP contribution in [0.4, 0.5) is 0 Å². The van der Waals surface area contributed by atoms with E-state index in [9.17, 15) is 0 Å². The van der Waals surface area contributed by atoms with Gasteiger partial charge in [0.2, 0.25) is 0 Å². The maximum atomic E-state index is 4.88. The summed E-state index contributed by atoms with van der Waals surface area (Å²) in [5, 5.41) is 6.21. The van der Waals surface area contributed by atoms with Crippen LogP contribution in [0.3, 0.4) is 0 Å². The predicted molar refractivity (Wildman–Crippen MR) is 77.5 cm³/mol. The third-order valence-electron chi connectivity index (χ3n) is 4.42. The van der Waals surface area contributed by atoms with E-state index in [1.54, 1.807) is 0 Å². The van der Waals surface area contributed by atoms with E-state index in [2.05, 4.69) is 19.5 Å². The number of imidazole rings is 1. The van der Waals surface area contributed by atoms with Crippen molar-refractivity contribution in [2.45, 2.75) is 51.1 Å². The summed E-state index contributed by atoms with van der Waals surface area (Å²) in [6.45, 7) is 2.03. The van der Waals surface area contributed by atoms with Crippen LogP contribution in [0.5, 0.6) is 0 Å². The molecule has 0 bridgehead atoms. The molecule has 20 heavy (non-hydrogen) atoms. The van der Waals surface area contributed by atoms with Crippen molar-refractivity contribution in [1.29, 1.82) is 0 Å². The maximum absolute atomic E-state index is 4.88. The van der Waals surface area contributed by atoms with Gasteiger partial charge < -0.3 is 4.98 Å². The highest BCUT2D eigenvalue weighted by atomic mass is 32.1. The Balaban J connectivity index is 1.55. The van der Waals surface area contributed by atoms with Crippen molar-refractivity contribution in [1.82, 2.24) is 24.5 Å². The summed E-state index contributed by atoms with van der Waals surface area (Å²) >= 11 is 1.43. The van der Waals surface area contributed by atoms with Crippen molar-refractivity contribution in [2.75, 3.05) is 6.54 Å². The molecule has 2 aromatic rings. The number of nitrogens with one attached hydrogen (secondary N) is 1. The van der Waals surface area contributed by atoms with Crippen LogP contribution < -0.4 is 0 Å². The molecule has 1 fully saturated rings.